The Bertz CT molecular complexity index is 263. The number of carboxylic acid groups (broad SMARTS) is 2. The Morgan fingerprint density at radius 3 is 2.23 bits per heavy atom. The van der Waals surface area contributed by atoms with Crippen LogP contribution in [0.3, 0.4) is 0 Å². The third-order valence-electron chi connectivity index (χ3n) is 2.39. The molecule has 0 amide bonds. The molecule has 4 N–H and O–H groups in total. The minimum Gasteiger partial charge on any atom is -0.481 e. The average Bonchev–Trinajstić information content (AvgIpc) is 2.76. The summed E-state index contributed by atoms with van der Waals surface area (Å²) in [6.45, 7) is 3.44. The predicted octanol–water partition coefficient (Wildman–Crippen LogP) is -0.469. The maximum Gasteiger partial charge on any atom is 0.320 e. The molecule has 0 heterocycles. The van der Waals surface area contributed by atoms with E-state index in [0.29, 0.717) is 0 Å². The molecular formula is C8H11NO4. The first-order valence-electron chi connectivity index (χ1n) is 3.84. The summed E-state index contributed by atoms with van der Waals surface area (Å²) in [5.74, 6) is -3.66. The number of hydrogen-bond donors (Lipinski definition) is 3. The van der Waals surface area contributed by atoms with Crippen molar-refractivity contribution in [2.75, 3.05) is 0 Å². The molecular weight excluding hydrogens is 174 g/mol. The zero-order chi connectivity index (χ0) is 10.2. The normalized spacial score (nSPS) is 33.5. The first-order valence-corrected chi connectivity index (χ1v) is 3.84. The molecule has 1 aliphatic rings. The van der Waals surface area contributed by atoms with Crippen LogP contribution in [0.15, 0.2) is 12.7 Å². The maximum atomic E-state index is 10.6. The van der Waals surface area contributed by atoms with Crippen LogP contribution in [0.25, 0.3) is 0 Å². The smallest absolute Gasteiger partial charge is 0.320 e. The number of carboxylic acids is 2. The Morgan fingerprint density at radius 1 is 1.46 bits per heavy atom. The molecule has 13 heavy (non-hydrogen) atoms. The average molecular weight is 185 g/mol. The van der Waals surface area contributed by atoms with E-state index in [1.807, 2.05) is 0 Å². The van der Waals surface area contributed by atoms with E-state index in [1.165, 1.54) is 6.08 Å². The molecule has 72 valence electrons. The summed E-state index contributed by atoms with van der Waals surface area (Å²) in [7, 11) is 0. The Labute approximate surface area is 74.8 Å². The van der Waals surface area contributed by atoms with E-state index in [9.17, 15) is 9.59 Å². The van der Waals surface area contributed by atoms with Crippen LogP contribution in [0.1, 0.15) is 0 Å². The molecule has 0 aromatic heterocycles. The van der Waals surface area contributed by atoms with Gasteiger partial charge in [0.05, 0.1) is 5.92 Å². The van der Waals surface area contributed by atoms with Gasteiger partial charge in [-0.15, -0.1) is 6.58 Å². The second-order valence-corrected chi connectivity index (χ2v) is 3.12. The van der Waals surface area contributed by atoms with Crippen LogP contribution >= 0.6 is 0 Å². The third kappa shape index (κ3) is 1.55. The number of carbonyl (C=O) groups is 2. The lowest BCUT2D eigenvalue weighted by Gasteiger charge is -2.02. The minimum atomic E-state index is -1.17. The summed E-state index contributed by atoms with van der Waals surface area (Å²) < 4.78 is 0. The molecule has 0 radical (unpaired) electrons. The zero-order valence-corrected chi connectivity index (χ0v) is 6.88. The summed E-state index contributed by atoms with van der Waals surface area (Å²) in [6.07, 6.45) is 1.45. The van der Waals surface area contributed by atoms with Crippen molar-refractivity contribution in [3.05, 3.63) is 12.7 Å². The molecule has 4 atom stereocenters. The van der Waals surface area contributed by atoms with Gasteiger partial charge in [-0.05, 0) is 5.92 Å². The fourth-order valence-corrected chi connectivity index (χ4v) is 1.62. The number of hydrogen-bond acceptors (Lipinski definition) is 3. The highest BCUT2D eigenvalue weighted by atomic mass is 16.4. The molecule has 1 fully saturated rings. The first kappa shape index (κ1) is 9.73. The van der Waals surface area contributed by atoms with E-state index in [4.69, 9.17) is 15.9 Å². The summed E-state index contributed by atoms with van der Waals surface area (Å²) in [5, 5.41) is 17.2. The van der Waals surface area contributed by atoms with Crippen LogP contribution in [0.5, 0.6) is 0 Å². The van der Waals surface area contributed by atoms with Crippen molar-refractivity contribution in [1.82, 2.24) is 0 Å². The predicted molar refractivity (Wildman–Crippen MR) is 43.9 cm³/mol. The van der Waals surface area contributed by atoms with Crippen molar-refractivity contribution >= 4 is 11.9 Å². The Balaban J connectivity index is 2.68. The van der Waals surface area contributed by atoms with Crippen LogP contribution in [-0.4, -0.2) is 28.2 Å². The Kier molecular flexibility index (Phi) is 2.38. The second kappa shape index (κ2) is 3.18. The molecule has 0 bridgehead atoms. The highest BCUT2D eigenvalue weighted by molar-refractivity contribution is 5.80. The number of allylic oxidation sites excluding steroid dienone is 1. The number of aliphatic carboxylic acids is 2. The maximum absolute atomic E-state index is 10.6. The number of nitrogens with two attached hydrogens (primary N) is 1. The molecule has 5 nitrogen and oxygen atoms in total. The molecule has 5 heteroatoms. The lowest BCUT2D eigenvalue weighted by Crippen LogP contribution is -2.34. The molecule has 0 aromatic rings. The summed E-state index contributed by atoms with van der Waals surface area (Å²) in [4.78, 5) is 21.0. The van der Waals surface area contributed by atoms with Gasteiger partial charge in [-0.1, -0.05) is 6.08 Å². The van der Waals surface area contributed by atoms with Crippen molar-refractivity contribution in [2.45, 2.75) is 6.04 Å². The van der Waals surface area contributed by atoms with Gasteiger partial charge < -0.3 is 15.9 Å². The molecule has 0 saturated heterocycles. The standard InChI is InChI=1S/C8H11NO4/c1-2-3-4(5(3)7(10)11)6(9)8(12)13/h2-6H,1,9H2,(H,10,11)(H,12,13)/t3-,4-,5+,6+/m1/s1. The van der Waals surface area contributed by atoms with Crippen LogP contribution < -0.4 is 5.73 Å². The van der Waals surface area contributed by atoms with Gasteiger partial charge >= 0.3 is 11.9 Å². The third-order valence-corrected chi connectivity index (χ3v) is 2.39. The van der Waals surface area contributed by atoms with Gasteiger partial charge in [-0.3, -0.25) is 9.59 Å². The van der Waals surface area contributed by atoms with Gasteiger partial charge in [0.2, 0.25) is 0 Å². The van der Waals surface area contributed by atoms with E-state index < -0.39 is 29.8 Å². The van der Waals surface area contributed by atoms with E-state index in [0.717, 1.165) is 0 Å². The van der Waals surface area contributed by atoms with Crippen LogP contribution in [0, 0.1) is 17.8 Å². The molecule has 0 aromatic carbocycles. The quantitative estimate of drug-likeness (QED) is 0.514. The van der Waals surface area contributed by atoms with Crippen molar-refractivity contribution < 1.29 is 19.8 Å². The van der Waals surface area contributed by atoms with Gasteiger partial charge in [-0.2, -0.15) is 0 Å². The van der Waals surface area contributed by atoms with Gasteiger partial charge in [0, 0.05) is 5.92 Å². The second-order valence-electron chi connectivity index (χ2n) is 3.12. The number of rotatable bonds is 4. The van der Waals surface area contributed by atoms with Gasteiger partial charge in [-0.25, -0.2) is 0 Å². The lowest BCUT2D eigenvalue weighted by atomic mass is 10.1. The highest BCUT2D eigenvalue weighted by Crippen LogP contribution is 2.48. The van der Waals surface area contributed by atoms with E-state index in [2.05, 4.69) is 6.58 Å². The largest absolute Gasteiger partial charge is 0.481 e. The van der Waals surface area contributed by atoms with E-state index in [-0.39, 0.29) is 5.92 Å². The van der Waals surface area contributed by atoms with Crippen LogP contribution in [-0.2, 0) is 9.59 Å². The van der Waals surface area contributed by atoms with Crippen molar-refractivity contribution in [3.63, 3.8) is 0 Å². The van der Waals surface area contributed by atoms with E-state index >= 15 is 0 Å². The molecule has 0 aliphatic heterocycles. The van der Waals surface area contributed by atoms with Crippen molar-refractivity contribution in [1.29, 1.82) is 0 Å². The van der Waals surface area contributed by atoms with Crippen molar-refractivity contribution in [3.8, 4) is 0 Å². The minimum absolute atomic E-state index is 0.302. The highest BCUT2D eigenvalue weighted by Gasteiger charge is 2.57. The van der Waals surface area contributed by atoms with Crippen LogP contribution in [0.2, 0.25) is 0 Å². The van der Waals surface area contributed by atoms with Crippen molar-refractivity contribution in [2.24, 2.45) is 23.5 Å². The molecule has 1 aliphatic carbocycles. The monoisotopic (exact) mass is 185 g/mol. The summed E-state index contributed by atoms with van der Waals surface area (Å²) in [6, 6.07) is -1.11. The molecule has 0 unspecified atom stereocenters. The summed E-state index contributed by atoms with van der Waals surface area (Å²) >= 11 is 0. The Hall–Kier alpha value is -1.36. The van der Waals surface area contributed by atoms with E-state index in [1.54, 1.807) is 0 Å². The topological polar surface area (TPSA) is 101 Å². The fraction of sp³-hybridized carbons (Fsp3) is 0.500. The van der Waals surface area contributed by atoms with Gasteiger partial charge in [0.25, 0.3) is 0 Å². The first-order chi connectivity index (χ1) is 6.00. The summed E-state index contributed by atoms with van der Waals surface area (Å²) in [5.41, 5.74) is 5.31. The zero-order valence-electron chi connectivity index (χ0n) is 6.88. The molecule has 1 rings (SSSR count). The Morgan fingerprint density at radius 2 is 2.00 bits per heavy atom. The molecule has 1 saturated carbocycles. The SMILES string of the molecule is C=C[C@H]1[C@H](C(=O)O)[C@@H]1[C@H](N)C(=O)O. The van der Waals surface area contributed by atoms with Crippen LogP contribution in [0.4, 0.5) is 0 Å². The molecule has 0 spiro atoms. The fourth-order valence-electron chi connectivity index (χ4n) is 1.62. The van der Waals surface area contributed by atoms with Gasteiger partial charge in [0.1, 0.15) is 6.04 Å². The van der Waals surface area contributed by atoms with Gasteiger partial charge in [0.15, 0.2) is 0 Å². The lowest BCUT2D eigenvalue weighted by molar-refractivity contribution is -0.140.